The molecule has 0 spiro atoms. The predicted molar refractivity (Wildman–Crippen MR) is 113 cm³/mol. The van der Waals surface area contributed by atoms with Crippen LogP contribution in [0.5, 0.6) is 0 Å². The minimum Gasteiger partial charge on any atom is -0.368 e. The van der Waals surface area contributed by atoms with Crippen molar-refractivity contribution >= 4 is 23.2 Å². The summed E-state index contributed by atoms with van der Waals surface area (Å²) in [6, 6.07) is 9.83. The lowest BCUT2D eigenvalue weighted by Crippen LogP contribution is -2.53. The summed E-state index contributed by atoms with van der Waals surface area (Å²) < 4.78 is 18.8. The third-order valence-corrected chi connectivity index (χ3v) is 6.53. The molecule has 8 heteroatoms. The molecule has 0 bridgehead atoms. The van der Waals surface area contributed by atoms with E-state index in [0.717, 1.165) is 23.3 Å². The van der Waals surface area contributed by atoms with E-state index in [1.807, 2.05) is 22.4 Å². The third kappa shape index (κ3) is 5.06. The first kappa shape index (κ1) is 21.0. The largest absolute Gasteiger partial charge is 0.368 e. The summed E-state index contributed by atoms with van der Waals surface area (Å²) >= 11 is 1.56. The van der Waals surface area contributed by atoms with E-state index in [1.54, 1.807) is 23.5 Å². The smallest absolute Gasteiger partial charge is 0.251 e. The molecule has 2 amide bonds. The van der Waals surface area contributed by atoms with Gasteiger partial charge in [-0.1, -0.05) is 18.2 Å². The summed E-state index contributed by atoms with van der Waals surface area (Å²) in [5.41, 5.74) is 0.846. The summed E-state index contributed by atoms with van der Waals surface area (Å²) in [6.45, 7) is 3.47. The first-order valence-electron chi connectivity index (χ1n) is 10.3. The molecular weight excluding hydrogens is 405 g/mol. The molecule has 2 unspecified atom stereocenters. The number of benzene rings is 1. The Kier molecular flexibility index (Phi) is 6.76. The fourth-order valence-electron chi connectivity index (χ4n) is 3.94. The van der Waals surface area contributed by atoms with Crippen molar-refractivity contribution in [3.05, 3.63) is 58.0 Å². The Hall–Kier alpha value is -2.29. The number of thiophene rings is 1. The Balaban J connectivity index is 1.32. The first-order valence-corrected chi connectivity index (χ1v) is 11.2. The molecule has 2 saturated heterocycles. The van der Waals surface area contributed by atoms with Crippen molar-refractivity contribution in [3.8, 4) is 0 Å². The average Bonchev–Trinajstić information content (AvgIpc) is 3.47. The summed E-state index contributed by atoms with van der Waals surface area (Å²) in [6.07, 6.45) is 1.45. The van der Waals surface area contributed by atoms with Gasteiger partial charge in [0.25, 0.3) is 5.91 Å². The van der Waals surface area contributed by atoms with Gasteiger partial charge in [0.1, 0.15) is 11.9 Å². The van der Waals surface area contributed by atoms with Gasteiger partial charge in [-0.25, -0.2) is 4.39 Å². The minimum absolute atomic E-state index is 0.0747. The van der Waals surface area contributed by atoms with Crippen LogP contribution in [0.25, 0.3) is 0 Å². The molecule has 6 nitrogen and oxygen atoms in total. The molecule has 3 heterocycles. The molecule has 1 N–H and O–H groups in total. The fourth-order valence-corrected chi connectivity index (χ4v) is 4.74. The molecule has 4 rings (SSSR count). The van der Waals surface area contributed by atoms with Crippen LogP contribution in [0, 0.1) is 5.82 Å². The Morgan fingerprint density at radius 1 is 1.17 bits per heavy atom. The highest BCUT2D eigenvalue weighted by molar-refractivity contribution is 7.10. The summed E-state index contributed by atoms with van der Waals surface area (Å²) in [5, 5.41) is 5.05. The highest BCUT2D eigenvalue weighted by Gasteiger charge is 2.31. The number of nitrogens with zero attached hydrogens (tertiary/aromatic N) is 2. The second-order valence-electron chi connectivity index (χ2n) is 7.67. The number of nitrogens with one attached hydrogen (secondary N) is 1. The van der Waals surface area contributed by atoms with E-state index in [1.165, 1.54) is 12.1 Å². The molecule has 0 aliphatic carbocycles. The topological polar surface area (TPSA) is 61.9 Å². The van der Waals surface area contributed by atoms with Crippen LogP contribution in [-0.4, -0.2) is 67.0 Å². The lowest BCUT2D eigenvalue weighted by molar-refractivity contribution is -0.142. The van der Waals surface area contributed by atoms with Gasteiger partial charge in [-0.3, -0.25) is 14.5 Å². The van der Waals surface area contributed by atoms with E-state index in [-0.39, 0.29) is 36.3 Å². The highest BCUT2D eigenvalue weighted by atomic mass is 32.1. The van der Waals surface area contributed by atoms with Crippen LogP contribution in [0.4, 0.5) is 4.39 Å². The van der Waals surface area contributed by atoms with Crippen molar-refractivity contribution in [2.45, 2.75) is 25.0 Å². The number of hydrogen-bond acceptors (Lipinski definition) is 5. The number of carbonyl (C=O) groups excluding carboxylic acids is 2. The van der Waals surface area contributed by atoms with Gasteiger partial charge in [-0.05, 0) is 42.0 Å². The van der Waals surface area contributed by atoms with E-state index in [2.05, 4.69) is 10.2 Å². The summed E-state index contributed by atoms with van der Waals surface area (Å²) in [5.74, 6) is -0.312. The van der Waals surface area contributed by atoms with Crippen LogP contribution in [-0.2, 0) is 14.3 Å². The number of amides is 2. The maximum Gasteiger partial charge on any atom is 0.251 e. The van der Waals surface area contributed by atoms with E-state index in [9.17, 15) is 14.0 Å². The molecule has 1 aromatic heterocycles. The number of rotatable bonds is 6. The van der Waals surface area contributed by atoms with E-state index < -0.39 is 0 Å². The molecule has 2 fully saturated rings. The van der Waals surface area contributed by atoms with Crippen LogP contribution in [0.2, 0.25) is 0 Å². The first-order chi connectivity index (χ1) is 14.6. The van der Waals surface area contributed by atoms with Crippen molar-refractivity contribution < 1.29 is 18.7 Å². The van der Waals surface area contributed by atoms with Crippen LogP contribution in [0.15, 0.2) is 41.8 Å². The lowest BCUT2D eigenvalue weighted by Gasteiger charge is -2.35. The molecule has 0 saturated carbocycles. The van der Waals surface area contributed by atoms with Gasteiger partial charge in [0.05, 0.1) is 12.6 Å². The number of piperazine rings is 1. The number of ether oxygens (including phenoxy) is 1. The Morgan fingerprint density at radius 3 is 2.57 bits per heavy atom. The monoisotopic (exact) mass is 431 g/mol. The van der Waals surface area contributed by atoms with Crippen molar-refractivity contribution in [2.24, 2.45) is 0 Å². The molecule has 160 valence electrons. The third-order valence-electron chi connectivity index (χ3n) is 5.59. The molecular formula is C22H26FN3O3S. The van der Waals surface area contributed by atoms with Gasteiger partial charge in [0.15, 0.2) is 0 Å². The standard InChI is InChI=1S/C22H26FN3O3S/c23-17-7-5-16(6-8-17)21(19-4-2-14-30-19)24-20(27)15-25-9-11-26(12-10-25)22(28)18-3-1-13-29-18/h2,4-8,14,18,21H,1,3,9-13,15H2,(H,24,27). The molecule has 2 aromatic rings. The van der Waals surface area contributed by atoms with Gasteiger partial charge in [0.2, 0.25) is 5.91 Å². The highest BCUT2D eigenvalue weighted by Crippen LogP contribution is 2.26. The molecule has 30 heavy (non-hydrogen) atoms. The van der Waals surface area contributed by atoms with Crippen LogP contribution < -0.4 is 5.32 Å². The van der Waals surface area contributed by atoms with Crippen molar-refractivity contribution in [3.63, 3.8) is 0 Å². The van der Waals surface area contributed by atoms with E-state index in [4.69, 9.17) is 4.74 Å². The van der Waals surface area contributed by atoms with E-state index >= 15 is 0 Å². The quantitative estimate of drug-likeness (QED) is 0.763. The zero-order valence-electron chi connectivity index (χ0n) is 16.8. The SMILES string of the molecule is O=C(CN1CCN(C(=O)C2CCCO2)CC1)NC(c1ccc(F)cc1)c1cccs1. The minimum atomic E-state index is -0.305. The number of halogens is 1. The normalized spacial score (nSPS) is 20.8. The fraction of sp³-hybridized carbons (Fsp3) is 0.455. The van der Waals surface area contributed by atoms with Gasteiger partial charge in [-0.15, -0.1) is 11.3 Å². The maximum absolute atomic E-state index is 13.3. The van der Waals surface area contributed by atoms with Gasteiger partial charge in [0, 0.05) is 37.7 Å². The van der Waals surface area contributed by atoms with Gasteiger partial charge in [-0.2, -0.15) is 0 Å². The van der Waals surface area contributed by atoms with Crippen LogP contribution in [0.3, 0.4) is 0 Å². The summed E-state index contributed by atoms with van der Waals surface area (Å²) in [7, 11) is 0. The molecule has 2 atom stereocenters. The predicted octanol–water partition coefficient (Wildman–Crippen LogP) is 2.42. The van der Waals surface area contributed by atoms with Crippen molar-refractivity contribution in [1.82, 2.24) is 15.1 Å². The van der Waals surface area contributed by atoms with Gasteiger partial charge < -0.3 is 15.0 Å². The Bertz CT molecular complexity index is 845. The number of carbonyl (C=O) groups is 2. The molecule has 0 radical (unpaired) electrons. The van der Waals surface area contributed by atoms with Crippen LogP contribution >= 0.6 is 11.3 Å². The Morgan fingerprint density at radius 2 is 1.93 bits per heavy atom. The van der Waals surface area contributed by atoms with Crippen LogP contribution in [0.1, 0.15) is 29.3 Å². The molecule has 1 aromatic carbocycles. The zero-order chi connectivity index (χ0) is 20.9. The van der Waals surface area contributed by atoms with Crippen molar-refractivity contribution in [1.29, 1.82) is 0 Å². The zero-order valence-corrected chi connectivity index (χ0v) is 17.6. The molecule has 2 aliphatic rings. The second-order valence-corrected chi connectivity index (χ2v) is 8.65. The second kappa shape index (κ2) is 9.68. The average molecular weight is 432 g/mol. The van der Waals surface area contributed by atoms with E-state index in [0.29, 0.717) is 32.8 Å². The molecule has 2 aliphatic heterocycles. The Labute approximate surface area is 179 Å². The number of hydrogen-bond donors (Lipinski definition) is 1. The lowest BCUT2D eigenvalue weighted by atomic mass is 10.1. The maximum atomic E-state index is 13.3. The summed E-state index contributed by atoms with van der Waals surface area (Å²) in [4.78, 5) is 30.1. The van der Waals surface area contributed by atoms with Gasteiger partial charge >= 0.3 is 0 Å². The van der Waals surface area contributed by atoms with Crippen molar-refractivity contribution in [2.75, 3.05) is 39.3 Å².